The van der Waals surface area contributed by atoms with Crippen molar-refractivity contribution in [1.82, 2.24) is 0 Å². The van der Waals surface area contributed by atoms with Crippen LogP contribution < -0.4 is 0 Å². The van der Waals surface area contributed by atoms with E-state index in [0.29, 0.717) is 11.1 Å². The van der Waals surface area contributed by atoms with E-state index in [1.54, 1.807) is 12.1 Å². The minimum Gasteiger partial charge on any atom is -0.289 e. The van der Waals surface area contributed by atoms with Crippen molar-refractivity contribution in [1.29, 1.82) is 0 Å². The Balaban J connectivity index is 2.08. The highest BCUT2D eigenvalue weighted by molar-refractivity contribution is 6.37. The van der Waals surface area contributed by atoms with Gasteiger partial charge in [0.15, 0.2) is 5.78 Å². The molecule has 0 aromatic heterocycles. The lowest BCUT2D eigenvalue weighted by atomic mass is 10.0. The summed E-state index contributed by atoms with van der Waals surface area (Å²) in [5, 5.41) is 0. The Morgan fingerprint density at radius 3 is 2.29 bits per heavy atom. The van der Waals surface area contributed by atoms with Gasteiger partial charge in [-0.3, -0.25) is 4.79 Å². The average Bonchev–Trinajstić information content (AvgIpc) is 2.69. The van der Waals surface area contributed by atoms with Crippen molar-refractivity contribution >= 4 is 17.4 Å². The zero-order valence-electron chi connectivity index (χ0n) is 8.98. The molecule has 17 heavy (non-hydrogen) atoms. The van der Waals surface area contributed by atoms with E-state index in [9.17, 15) is 9.18 Å². The molecule has 2 aromatic rings. The molecule has 0 N–H and O–H groups in total. The number of hydrogen-bond donors (Lipinski definition) is 0. The quantitative estimate of drug-likeness (QED) is 0.723. The third kappa shape index (κ3) is 1.58. The largest absolute Gasteiger partial charge is 0.289 e. The molecule has 0 saturated heterocycles. The molecule has 0 aliphatic heterocycles. The van der Waals surface area contributed by atoms with E-state index in [4.69, 9.17) is 0 Å². The molecule has 0 heterocycles. The zero-order valence-corrected chi connectivity index (χ0v) is 8.98. The van der Waals surface area contributed by atoms with Crippen LogP contribution in [0, 0.1) is 5.82 Å². The van der Waals surface area contributed by atoms with Gasteiger partial charge in [-0.05, 0) is 29.3 Å². The first kappa shape index (κ1) is 9.97. The van der Waals surface area contributed by atoms with Gasteiger partial charge < -0.3 is 0 Å². The summed E-state index contributed by atoms with van der Waals surface area (Å²) in [5.74, 6) is -0.287. The van der Waals surface area contributed by atoms with E-state index >= 15 is 0 Å². The second-order valence-electron chi connectivity index (χ2n) is 3.98. The maximum absolute atomic E-state index is 12.8. The van der Waals surface area contributed by atoms with Crippen LogP contribution in [0.5, 0.6) is 0 Å². The minimum atomic E-state index is -0.294. The van der Waals surface area contributed by atoms with Crippen LogP contribution in [0.25, 0.3) is 11.6 Å². The number of carbonyl (C=O) groups is 1. The topological polar surface area (TPSA) is 17.1 Å². The molecular formula is C15H9FO. The average molecular weight is 224 g/mol. The fourth-order valence-electron chi connectivity index (χ4n) is 2.04. The van der Waals surface area contributed by atoms with Gasteiger partial charge in [-0.25, -0.2) is 4.39 Å². The van der Waals surface area contributed by atoms with Crippen LogP contribution in [0.15, 0.2) is 48.5 Å². The Bertz CT molecular complexity index is 624. The molecule has 2 heteroatoms. The van der Waals surface area contributed by atoms with Crippen molar-refractivity contribution in [3.63, 3.8) is 0 Å². The van der Waals surface area contributed by atoms with Crippen LogP contribution in [0.1, 0.15) is 21.5 Å². The summed E-state index contributed by atoms with van der Waals surface area (Å²) in [6.07, 6.45) is 1.85. The molecule has 0 spiro atoms. The molecule has 2 aromatic carbocycles. The zero-order chi connectivity index (χ0) is 11.8. The van der Waals surface area contributed by atoms with Crippen molar-refractivity contribution in [2.45, 2.75) is 0 Å². The predicted octanol–water partition coefficient (Wildman–Crippen LogP) is 3.56. The molecule has 1 nitrogen and oxygen atoms in total. The molecule has 82 valence electrons. The summed E-state index contributed by atoms with van der Waals surface area (Å²) < 4.78 is 12.8. The molecular weight excluding hydrogens is 215 g/mol. The Kier molecular flexibility index (Phi) is 2.15. The summed E-state index contributed by atoms with van der Waals surface area (Å²) in [4.78, 5) is 12.1. The molecule has 1 aliphatic carbocycles. The fourth-order valence-corrected chi connectivity index (χ4v) is 2.04. The van der Waals surface area contributed by atoms with Crippen LogP contribution in [-0.2, 0) is 0 Å². The highest BCUT2D eigenvalue weighted by Gasteiger charge is 2.22. The first-order chi connectivity index (χ1) is 8.25. The first-order valence-corrected chi connectivity index (χ1v) is 5.37. The van der Waals surface area contributed by atoms with Crippen LogP contribution in [0.4, 0.5) is 4.39 Å². The fraction of sp³-hybridized carbons (Fsp3) is 0. The predicted molar refractivity (Wildman–Crippen MR) is 65.0 cm³/mol. The number of benzene rings is 2. The van der Waals surface area contributed by atoms with Gasteiger partial charge in [0.1, 0.15) is 5.82 Å². The number of hydrogen-bond acceptors (Lipinski definition) is 1. The van der Waals surface area contributed by atoms with Crippen LogP contribution >= 0.6 is 0 Å². The lowest BCUT2D eigenvalue weighted by molar-refractivity contribution is 0.105. The van der Waals surface area contributed by atoms with Gasteiger partial charge >= 0.3 is 0 Å². The van der Waals surface area contributed by atoms with Crippen molar-refractivity contribution in [2.75, 3.05) is 0 Å². The summed E-state index contributed by atoms with van der Waals surface area (Å²) in [7, 11) is 0. The molecule has 0 amide bonds. The number of ketones is 1. The molecule has 0 radical (unpaired) electrons. The van der Waals surface area contributed by atoms with E-state index in [2.05, 4.69) is 0 Å². The van der Waals surface area contributed by atoms with E-state index < -0.39 is 0 Å². The van der Waals surface area contributed by atoms with Gasteiger partial charge in [-0.15, -0.1) is 0 Å². The smallest absolute Gasteiger partial charge is 0.194 e. The Morgan fingerprint density at radius 2 is 1.59 bits per heavy atom. The Hall–Kier alpha value is -2.22. The number of halogens is 1. The van der Waals surface area contributed by atoms with Crippen LogP contribution in [0.3, 0.4) is 0 Å². The summed E-state index contributed by atoms with van der Waals surface area (Å²) in [6.45, 7) is 0. The van der Waals surface area contributed by atoms with Crippen molar-refractivity contribution < 1.29 is 9.18 Å². The SMILES string of the molecule is O=C1C(c2ccc(F)cc2)=Cc2ccccc21. The van der Waals surface area contributed by atoms with Gasteiger partial charge in [0, 0.05) is 11.1 Å². The summed E-state index contributed by atoms with van der Waals surface area (Å²) in [6, 6.07) is 13.5. The van der Waals surface area contributed by atoms with Gasteiger partial charge in [-0.1, -0.05) is 36.4 Å². The lowest BCUT2D eigenvalue weighted by Gasteiger charge is -2.00. The van der Waals surface area contributed by atoms with E-state index in [1.165, 1.54) is 12.1 Å². The maximum Gasteiger partial charge on any atom is 0.194 e. The molecule has 1 aliphatic rings. The lowest BCUT2D eigenvalue weighted by Crippen LogP contribution is -1.97. The number of Topliss-reactive ketones (excluding diaryl/α,β-unsaturated/α-hetero) is 1. The molecule has 0 fully saturated rings. The third-order valence-corrected chi connectivity index (χ3v) is 2.91. The first-order valence-electron chi connectivity index (χ1n) is 5.37. The second-order valence-corrected chi connectivity index (χ2v) is 3.98. The van der Waals surface area contributed by atoms with Gasteiger partial charge in [0.05, 0.1) is 0 Å². The van der Waals surface area contributed by atoms with Crippen molar-refractivity contribution in [2.24, 2.45) is 0 Å². The molecule has 0 saturated carbocycles. The number of rotatable bonds is 1. The highest BCUT2D eigenvalue weighted by Crippen LogP contribution is 2.31. The minimum absolute atomic E-state index is 0.00667. The number of carbonyl (C=O) groups excluding carboxylic acids is 1. The second kappa shape index (κ2) is 3.67. The van der Waals surface area contributed by atoms with Crippen molar-refractivity contribution in [3.05, 3.63) is 71.0 Å². The monoisotopic (exact) mass is 224 g/mol. The molecule has 3 rings (SSSR count). The van der Waals surface area contributed by atoms with Crippen molar-refractivity contribution in [3.8, 4) is 0 Å². The van der Waals surface area contributed by atoms with Gasteiger partial charge in [-0.2, -0.15) is 0 Å². The van der Waals surface area contributed by atoms with E-state index in [0.717, 1.165) is 11.1 Å². The van der Waals surface area contributed by atoms with E-state index in [1.807, 2.05) is 30.3 Å². The molecule has 0 bridgehead atoms. The normalized spacial score (nSPS) is 13.5. The van der Waals surface area contributed by atoms with Gasteiger partial charge in [0.25, 0.3) is 0 Å². The van der Waals surface area contributed by atoms with Gasteiger partial charge in [0.2, 0.25) is 0 Å². The highest BCUT2D eigenvalue weighted by atomic mass is 19.1. The summed E-state index contributed by atoms with van der Waals surface area (Å²) in [5.41, 5.74) is 3.03. The molecule has 0 unspecified atom stereocenters. The van der Waals surface area contributed by atoms with Crippen LogP contribution in [-0.4, -0.2) is 5.78 Å². The number of fused-ring (bicyclic) bond motifs is 1. The maximum atomic E-state index is 12.8. The third-order valence-electron chi connectivity index (χ3n) is 2.91. The Labute approximate surface area is 98.2 Å². The van der Waals surface area contributed by atoms with Crippen LogP contribution in [0.2, 0.25) is 0 Å². The summed E-state index contributed by atoms with van der Waals surface area (Å²) >= 11 is 0. The standard InChI is InChI=1S/C15H9FO/c16-12-7-5-10(6-8-12)14-9-11-3-1-2-4-13(11)15(14)17/h1-9H. The van der Waals surface area contributed by atoms with E-state index in [-0.39, 0.29) is 11.6 Å². The number of allylic oxidation sites excluding steroid dienone is 1. The Morgan fingerprint density at radius 1 is 0.882 bits per heavy atom. The molecule has 0 atom stereocenters.